The normalized spacial score (nSPS) is 9.50. The van der Waals surface area contributed by atoms with Gasteiger partial charge in [0.1, 0.15) is 0 Å². The van der Waals surface area contributed by atoms with Gasteiger partial charge in [0.15, 0.2) is 0 Å². The molecule has 0 nitrogen and oxygen atoms in total. The van der Waals surface area contributed by atoms with Crippen LogP contribution >= 0.6 is 0 Å². The van der Waals surface area contributed by atoms with Crippen molar-refractivity contribution in [2.24, 2.45) is 0 Å². The average Bonchev–Trinajstić information content (AvgIpc) is 3.29. The van der Waals surface area contributed by atoms with Crippen LogP contribution in [0.5, 0.6) is 0 Å². The summed E-state index contributed by atoms with van der Waals surface area (Å²) in [5, 5.41) is 2.65. The van der Waals surface area contributed by atoms with Gasteiger partial charge in [-0.15, -0.1) is 29.0 Å². The van der Waals surface area contributed by atoms with Gasteiger partial charge in [0, 0.05) is 0 Å². The number of fused-ring (bicyclic) bond motifs is 1. The zero-order valence-corrected chi connectivity index (χ0v) is 15.8. The molecule has 0 aliphatic heterocycles. The van der Waals surface area contributed by atoms with Gasteiger partial charge in [-0.2, -0.15) is 30.3 Å². The molecule has 0 bridgehead atoms. The van der Waals surface area contributed by atoms with Crippen molar-refractivity contribution in [3.05, 3.63) is 97.1 Å². The van der Waals surface area contributed by atoms with Crippen molar-refractivity contribution in [1.82, 2.24) is 0 Å². The van der Waals surface area contributed by atoms with Crippen molar-refractivity contribution in [2.75, 3.05) is 0 Å². The Morgan fingerprint density at radius 3 is 2.00 bits per heavy atom. The van der Waals surface area contributed by atoms with Crippen molar-refractivity contribution in [1.29, 1.82) is 0 Å². The predicted molar refractivity (Wildman–Crippen MR) is 103 cm³/mol. The average molecular weight is 346 g/mol. The van der Waals surface area contributed by atoms with Gasteiger partial charge in [0.25, 0.3) is 0 Å². The summed E-state index contributed by atoms with van der Waals surface area (Å²) in [5.41, 5.74) is 2.60. The van der Waals surface area contributed by atoms with E-state index >= 15 is 0 Å². The Labute approximate surface area is 156 Å². The minimum absolute atomic E-state index is 1.29. The molecule has 0 saturated heterocycles. The fourth-order valence-electron chi connectivity index (χ4n) is 2.35. The predicted octanol–water partition coefficient (Wildman–Crippen LogP) is 6.38. The van der Waals surface area contributed by atoms with E-state index in [-0.39, 0.29) is 0 Å². The minimum atomic E-state index is 1.29. The van der Waals surface area contributed by atoms with Gasteiger partial charge in [0.05, 0.1) is 0 Å². The van der Waals surface area contributed by atoms with Crippen molar-refractivity contribution in [3.63, 3.8) is 0 Å². The molecule has 0 radical (unpaired) electrons. The molecule has 0 heterocycles. The number of rotatable bonds is 1. The SMILES string of the molecule is C[C](C)=[Ti+2].c1cc[cH-]c1.c1ccc(-c2cccc3[cH-]ccc23)cc1. The summed E-state index contributed by atoms with van der Waals surface area (Å²) in [5.74, 6) is 0. The third kappa shape index (κ3) is 5.88. The summed E-state index contributed by atoms with van der Waals surface area (Å²) in [7, 11) is 0. The van der Waals surface area contributed by atoms with E-state index in [1.165, 1.54) is 25.7 Å². The Morgan fingerprint density at radius 2 is 1.42 bits per heavy atom. The van der Waals surface area contributed by atoms with Crippen molar-refractivity contribution in [3.8, 4) is 11.1 Å². The second kappa shape index (κ2) is 9.98. The van der Waals surface area contributed by atoms with Crippen LogP contribution in [0.4, 0.5) is 0 Å². The first-order valence-electron chi connectivity index (χ1n) is 8.07. The Hall–Kier alpha value is -2.02. The van der Waals surface area contributed by atoms with Crippen LogP contribution in [-0.2, 0) is 20.0 Å². The van der Waals surface area contributed by atoms with E-state index in [0.29, 0.717) is 0 Å². The van der Waals surface area contributed by atoms with Crippen molar-refractivity contribution in [2.45, 2.75) is 13.8 Å². The molecule has 118 valence electrons. The molecule has 4 rings (SSSR count). The quantitative estimate of drug-likeness (QED) is 0.277. The summed E-state index contributed by atoms with van der Waals surface area (Å²) >= 11 is 2.08. The van der Waals surface area contributed by atoms with Crippen molar-refractivity contribution >= 4 is 14.6 Å². The Morgan fingerprint density at radius 1 is 0.750 bits per heavy atom. The molecule has 0 saturated carbocycles. The van der Waals surface area contributed by atoms with Crippen molar-refractivity contribution < 1.29 is 20.0 Å². The maximum atomic E-state index is 2.18. The molecular weight excluding hydrogens is 324 g/mol. The summed E-state index contributed by atoms with van der Waals surface area (Å²) in [4.78, 5) is 0. The molecule has 0 atom stereocenters. The third-order valence-electron chi connectivity index (χ3n) is 3.32. The van der Waals surface area contributed by atoms with E-state index in [2.05, 4.69) is 101 Å². The summed E-state index contributed by atoms with van der Waals surface area (Å²) < 4.78 is 1.42. The number of hydrogen-bond donors (Lipinski definition) is 0. The van der Waals surface area contributed by atoms with Crippen LogP contribution in [0.15, 0.2) is 97.1 Å². The topological polar surface area (TPSA) is 0 Å². The minimum Gasteiger partial charge on any atom is -0.214 e. The van der Waals surface area contributed by atoms with Crippen LogP contribution in [0, 0.1) is 0 Å². The number of hydrogen-bond acceptors (Lipinski definition) is 0. The van der Waals surface area contributed by atoms with E-state index in [4.69, 9.17) is 0 Å². The second-order valence-corrected chi connectivity index (χ2v) is 7.22. The summed E-state index contributed by atoms with van der Waals surface area (Å²) in [6, 6.07) is 33.4. The Bertz CT molecular complexity index is 815. The second-order valence-electron chi connectivity index (χ2n) is 5.66. The van der Waals surface area contributed by atoms with Crippen LogP contribution in [0.2, 0.25) is 0 Å². The molecule has 0 N–H and O–H groups in total. The fourth-order valence-corrected chi connectivity index (χ4v) is 2.35. The van der Waals surface area contributed by atoms with E-state index in [9.17, 15) is 0 Å². The molecule has 0 aliphatic carbocycles. The van der Waals surface area contributed by atoms with E-state index < -0.39 is 0 Å². The van der Waals surface area contributed by atoms with E-state index in [1.807, 2.05) is 30.3 Å². The molecule has 0 aromatic heterocycles. The van der Waals surface area contributed by atoms with Crippen LogP contribution in [0.3, 0.4) is 0 Å². The van der Waals surface area contributed by atoms with Gasteiger partial charge in [-0.3, -0.25) is 0 Å². The Balaban J connectivity index is 0.000000192. The molecule has 24 heavy (non-hydrogen) atoms. The van der Waals surface area contributed by atoms with Gasteiger partial charge >= 0.3 is 37.6 Å². The molecule has 0 fully saturated rings. The smallest absolute Gasteiger partial charge is 0.0279 e. The van der Waals surface area contributed by atoms with Gasteiger partial charge in [0.2, 0.25) is 0 Å². The first-order chi connectivity index (χ1) is 11.7. The zero-order valence-electron chi connectivity index (χ0n) is 14.2. The molecule has 1 heteroatoms. The molecule has 0 unspecified atom stereocenters. The van der Waals surface area contributed by atoms with Gasteiger partial charge < -0.3 is 0 Å². The van der Waals surface area contributed by atoms with Gasteiger partial charge in [-0.05, 0) is 5.56 Å². The van der Waals surface area contributed by atoms with Crippen LogP contribution in [0.25, 0.3) is 21.9 Å². The maximum absolute atomic E-state index is 2.18. The van der Waals surface area contributed by atoms with Crippen LogP contribution < -0.4 is 0 Å². The largest absolute Gasteiger partial charge is 0.214 e. The molecule has 4 aromatic rings. The van der Waals surface area contributed by atoms with Gasteiger partial charge in [-0.1, -0.05) is 42.0 Å². The standard InChI is InChI=1S/C15H11.C5H5.C3H6.Ti/c1-2-6-12(7-3-1)14-10-4-8-13-9-5-11-15(13)14;1-2-4-5-3-1;1-3-2;/h1-11H;1-5H;1-2H3;/q2*-1;;+2. The number of benzene rings is 2. The van der Waals surface area contributed by atoms with Gasteiger partial charge in [-0.25, -0.2) is 12.1 Å². The first-order valence-corrected chi connectivity index (χ1v) is 8.85. The molecule has 4 aromatic carbocycles. The van der Waals surface area contributed by atoms with Crippen LogP contribution in [-0.4, -0.2) is 3.81 Å². The summed E-state index contributed by atoms with van der Waals surface area (Å²) in [6.07, 6.45) is 0. The molecular formula is C23H22Ti. The Kier molecular flexibility index (Phi) is 7.62. The molecule has 0 spiro atoms. The van der Waals surface area contributed by atoms with Crippen LogP contribution in [0.1, 0.15) is 13.8 Å². The maximum Gasteiger partial charge on any atom is -0.0279 e. The summed E-state index contributed by atoms with van der Waals surface area (Å²) in [6.45, 7) is 4.17. The zero-order chi connectivity index (χ0) is 17.2. The monoisotopic (exact) mass is 346 g/mol. The molecule has 0 aliphatic rings. The molecule has 0 amide bonds. The van der Waals surface area contributed by atoms with E-state index in [0.717, 1.165) is 0 Å². The first kappa shape index (κ1) is 18.3. The third-order valence-corrected chi connectivity index (χ3v) is 3.32. The van der Waals surface area contributed by atoms with E-state index in [1.54, 1.807) is 0 Å². The fraction of sp³-hybridized carbons (Fsp3) is 0.0870.